The molecule has 1 heterocycles. The van der Waals surface area contributed by atoms with E-state index in [1.54, 1.807) is 25.3 Å². The van der Waals surface area contributed by atoms with Gasteiger partial charge in [-0.3, -0.25) is 0 Å². The number of ether oxygens (including phenoxy) is 1. The summed E-state index contributed by atoms with van der Waals surface area (Å²) in [6, 6.07) is 7.00. The summed E-state index contributed by atoms with van der Waals surface area (Å²) in [6.07, 6.45) is 0. The van der Waals surface area contributed by atoms with Gasteiger partial charge in [-0.1, -0.05) is 6.07 Å². The lowest BCUT2D eigenvalue weighted by Crippen LogP contribution is -2.01. The number of phenolic OH excluding ortho intramolecular Hbond substituents is 1. The van der Waals surface area contributed by atoms with Crippen molar-refractivity contribution in [2.75, 3.05) is 7.11 Å². The molecule has 0 unspecified atom stereocenters. The highest BCUT2D eigenvalue weighted by Gasteiger charge is 2.08. The maximum Gasteiger partial charge on any atom is 0.221 e. The number of benzene rings is 1. The first kappa shape index (κ1) is 9.73. The van der Waals surface area contributed by atoms with Crippen LogP contribution in [-0.2, 0) is 6.54 Å². The molecule has 0 saturated heterocycles. The Hall–Kier alpha value is -1.81. The van der Waals surface area contributed by atoms with Crippen LogP contribution in [0, 0.1) is 0 Å². The molecule has 15 heavy (non-hydrogen) atoms. The third kappa shape index (κ3) is 1.59. The van der Waals surface area contributed by atoms with Gasteiger partial charge in [-0.2, -0.15) is 0 Å². The Kier molecular flexibility index (Phi) is 2.43. The minimum Gasteiger partial charge on any atom is -0.507 e. The van der Waals surface area contributed by atoms with E-state index in [9.17, 15) is 5.11 Å². The minimum absolute atomic E-state index is 0.211. The maximum atomic E-state index is 9.69. The van der Waals surface area contributed by atoms with Gasteiger partial charge >= 0.3 is 0 Å². The van der Waals surface area contributed by atoms with E-state index in [4.69, 9.17) is 10.5 Å². The van der Waals surface area contributed by atoms with E-state index in [1.807, 2.05) is 6.07 Å². The van der Waals surface area contributed by atoms with Crippen molar-refractivity contribution in [1.29, 1.82) is 0 Å². The van der Waals surface area contributed by atoms with Gasteiger partial charge in [-0.15, -0.1) is 0 Å². The van der Waals surface area contributed by atoms with E-state index in [0.29, 0.717) is 23.5 Å². The molecule has 0 fully saturated rings. The zero-order chi connectivity index (χ0) is 10.8. The van der Waals surface area contributed by atoms with Crippen LogP contribution in [0.4, 0.5) is 0 Å². The molecule has 0 aliphatic carbocycles. The highest BCUT2D eigenvalue weighted by Crippen LogP contribution is 2.30. The lowest BCUT2D eigenvalue weighted by molar-refractivity contribution is 0.401. The molecule has 0 atom stereocenters. The Morgan fingerprint density at radius 2 is 2.20 bits per heavy atom. The van der Waals surface area contributed by atoms with Crippen LogP contribution >= 0.6 is 0 Å². The number of fused-ring (bicyclic) bond motifs is 1. The van der Waals surface area contributed by atoms with Crippen LogP contribution in [0.1, 0.15) is 5.69 Å². The van der Waals surface area contributed by atoms with E-state index in [-0.39, 0.29) is 5.75 Å². The molecule has 2 aromatic rings. The molecule has 0 radical (unpaired) electrons. The van der Waals surface area contributed by atoms with Crippen LogP contribution in [0.3, 0.4) is 0 Å². The number of hydrogen-bond acceptors (Lipinski definition) is 4. The van der Waals surface area contributed by atoms with Crippen molar-refractivity contribution in [2.24, 2.45) is 5.73 Å². The van der Waals surface area contributed by atoms with Crippen LogP contribution in [0.2, 0.25) is 0 Å². The highest BCUT2D eigenvalue weighted by atomic mass is 16.5. The first-order chi connectivity index (χ1) is 7.26. The van der Waals surface area contributed by atoms with Crippen LogP contribution < -0.4 is 10.5 Å². The Bertz CT molecular complexity index is 497. The van der Waals surface area contributed by atoms with Crippen molar-refractivity contribution in [2.45, 2.75) is 6.54 Å². The number of nitrogens with zero attached hydrogens (tertiary/aromatic N) is 1. The number of aromatic nitrogens is 1. The number of nitrogens with two attached hydrogens (primary N) is 1. The number of aromatic hydroxyl groups is 1. The zero-order valence-corrected chi connectivity index (χ0v) is 8.40. The first-order valence-corrected chi connectivity index (χ1v) is 4.62. The average Bonchev–Trinajstić information content (AvgIpc) is 2.28. The SMILES string of the molecule is COc1nc(CN)cc2c(O)cccc12. The molecule has 2 rings (SSSR count). The van der Waals surface area contributed by atoms with Gasteiger partial charge in [0.2, 0.25) is 5.88 Å². The molecule has 4 nitrogen and oxygen atoms in total. The fourth-order valence-corrected chi connectivity index (χ4v) is 1.54. The second kappa shape index (κ2) is 3.74. The average molecular weight is 204 g/mol. The number of pyridine rings is 1. The van der Waals surface area contributed by atoms with Crippen LogP contribution in [0.15, 0.2) is 24.3 Å². The largest absolute Gasteiger partial charge is 0.507 e. The van der Waals surface area contributed by atoms with Crippen molar-refractivity contribution < 1.29 is 9.84 Å². The lowest BCUT2D eigenvalue weighted by atomic mass is 10.1. The van der Waals surface area contributed by atoms with Gasteiger partial charge in [0.25, 0.3) is 0 Å². The fraction of sp³-hybridized carbons (Fsp3) is 0.182. The Morgan fingerprint density at radius 1 is 1.40 bits per heavy atom. The van der Waals surface area contributed by atoms with Crippen LogP contribution in [0.25, 0.3) is 10.8 Å². The van der Waals surface area contributed by atoms with Gasteiger partial charge in [0.05, 0.1) is 12.8 Å². The second-order valence-corrected chi connectivity index (χ2v) is 3.20. The first-order valence-electron chi connectivity index (χ1n) is 4.62. The van der Waals surface area contributed by atoms with E-state index in [2.05, 4.69) is 4.98 Å². The lowest BCUT2D eigenvalue weighted by Gasteiger charge is -2.07. The summed E-state index contributed by atoms with van der Waals surface area (Å²) in [5.41, 5.74) is 6.21. The highest BCUT2D eigenvalue weighted by molar-refractivity contribution is 5.91. The third-order valence-electron chi connectivity index (χ3n) is 2.27. The molecule has 0 amide bonds. The minimum atomic E-state index is 0.211. The van der Waals surface area contributed by atoms with Gasteiger partial charge in [0.15, 0.2) is 0 Å². The Labute approximate surface area is 87.3 Å². The Morgan fingerprint density at radius 3 is 2.87 bits per heavy atom. The summed E-state index contributed by atoms with van der Waals surface area (Å²) >= 11 is 0. The van der Waals surface area contributed by atoms with Gasteiger partial charge < -0.3 is 15.6 Å². The van der Waals surface area contributed by atoms with E-state index in [0.717, 1.165) is 5.39 Å². The molecule has 1 aromatic heterocycles. The van der Waals surface area contributed by atoms with Crippen LogP contribution in [-0.4, -0.2) is 17.2 Å². The van der Waals surface area contributed by atoms with Gasteiger partial charge in [-0.05, 0) is 18.2 Å². The van der Waals surface area contributed by atoms with Crippen LogP contribution in [0.5, 0.6) is 11.6 Å². The van der Waals surface area contributed by atoms with Crippen molar-refractivity contribution in [1.82, 2.24) is 4.98 Å². The quantitative estimate of drug-likeness (QED) is 0.776. The number of phenols is 1. The molecule has 4 heteroatoms. The standard InChI is InChI=1S/C11H12N2O2/c1-15-11-8-3-2-4-10(14)9(8)5-7(6-12)13-11/h2-5,14H,6,12H2,1H3. The fourth-order valence-electron chi connectivity index (χ4n) is 1.54. The van der Waals surface area contributed by atoms with Gasteiger partial charge in [0, 0.05) is 17.3 Å². The van der Waals surface area contributed by atoms with E-state index in [1.165, 1.54) is 0 Å². The summed E-state index contributed by atoms with van der Waals surface area (Å²) in [7, 11) is 1.55. The smallest absolute Gasteiger partial charge is 0.221 e. The number of methoxy groups -OCH3 is 1. The van der Waals surface area contributed by atoms with Gasteiger partial charge in [0.1, 0.15) is 5.75 Å². The second-order valence-electron chi connectivity index (χ2n) is 3.20. The molecular formula is C11H12N2O2. The van der Waals surface area contributed by atoms with Crippen molar-refractivity contribution >= 4 is 10.8 Å². The topological polar surface area (TPSA) is 68.4 Å². The molecule has 0 aliphatic heterocycles. The summed E-state index contributed by atoms with van der Waals surface area (Å²) in [5.74, 6) is 0.701. The molecule has 0 bridgehead atoms. The van der Waals surface area contributed by atoms with Gasteiger partial charge in [-0.25, -0.2) is 4.98 Å². The van der Waals surface area contributed by atoms with E-state index < -0.39 is 0 Å². The van der Waals surface area contributed by atoms with Crippen molar-refractivity contribution in [3.05, 3.63) is 30.0 Å². The summed E-state index contributed by atoms with van der Waals surface area (Å²) in [5, 5.41) is 11.2. The molecule has 78 valence electrons. The predicted molar refractivity (Wildman–Crippen MR) is 57.9 cm³/mol. The molecule has 0 spiro atoms. The Balaban J connectivity index is 2.80. The molecule has 0 saturated carbocycles. The summed E-state index contributed by atoms with van der Waals surface area (Å²) in [6.45, 7) is 0.320. The zero-order valence-electron chi connectivity index (χ0n) is 8.40. The molecular weight excluding hydrogens is 192 g/mol. The number of hydrogen-bond donors (Lipinski definition) is 2. The van der Waals surface area contributed by atoms with Crippen molar-refractivity contribution in [3.8, 4) is 11.6 Å². The summed E-state index contributed by atoms with van der Waals surface area (Å²) < 4.78 is 5.15. The molecule has 3 N–H and O–H groups in total. The van der Waals surface area contributed by atoms with Crippen molar-refractivity contribution in [3.63, 3.8) is 0 Å². The monoisotopic (exact) mass is 204 g/mol. The normalized spacial score (nSPS) is 10.5. The third-order valence-corrected chi connectivity index (χ3v) is 2.27. The molecule has 0 aliphatic rings. The predicted octanol–water partition coefficient (Wildman–Crippen LogP) is 1.41. The number of rotatable bonds is 2. The van der Waals surface area contributed by atoms with E-state index >= 15 is 0 Å². The molecule has 1 aromatic carbocycles. The summed E-state index contributed by atoms with van der Waals surface area (Å²) in [4.78, 5) is 4.22. The maximum absolute atomic E-state index is 9.69.